The molecule has 0 spiro atoms. The van der Waals surface area contributed by atoms with Crippen LogP contribution in [-0.4, -0.2) is 27.5 Å². The molecule has 0 saturated heterocycles. The lowest BCUT2D eigenvalue weighted by molar-refractivity contribution is 0.0526. The summed E-state index contributed by atoms with van der Waals surface area (Å²) < 4.78 is 5.44. The first-order chi connectivity index (χ1) is 30.1. The molecule has 342 valence electrons. The summed E-state index contributed by atoms with van der Waals surface area (Å²) >= 11 is 0. The average molecular weight is 838 g/mol. The van der Waals surface area contributed by atoms with Gasteiger partial charge in [0.25, 0.3) is 0 Å². The lowest BCUT2D eigenvalue weighted by Crippen LogP contribution is -2.06. The minimum absolute atomic E-state index is 0.325. The molecule has 0 aliphatic heterocycles. The molecule has 5 heteroatoms. The van der Waals surface area contributed by atoms with Crippen molar-refractivity contribution in [2.45, 2.75) is 252 Å². The van der Waals surface area contributed by atoms with Crippen LogP contribution in [-0.2, 0) is 17.6 Å². The van der Waals surface area contributed by atoms with Gasteiger partial charge in [0.2, 0.25) is 0 Å². The van der Waals surface area contributed by atoms with Gasteiger partial charge < -0.3 is 4.74 Å². The lowest BCUT2D eigenvalue weighted by Gasteiger charge is -2.10. The molecule has 3 aromatic heterocycles. The van der Waals surface area contributed by atoms with E-state index in [1.165, 1.54) is 229 Å². The van der Waals surface area contributed by atoms with Gasteiger partial charge in [0.1, 0.15) is 0 Å². The maximum absolute atomic E-state index is 13.0. The van der Waals surface area contributed by atoms with Gasteiger partial charge in [0, 0.05) is 12.4 Å². The number of pyridine rings is 3. The zero-order valence-electron chi connectivity index (χ0n) is 39.9. The summed E-state index contributed by atoms with van der Waals surface area (Å²) in [5.74, 6) is -0.341. The van der Waals surface area contributed by atoms with Gasteiger partial charge in [-0.2, -0.15) is 0 Å². The largest absolute Gasteiger partial charge is 0.462 e. The molecule has 0 unspecified atom stereocenters. The molecular weight excluding hydrogens is 747 g/mol. The Morgan fingerprint density at radius 1 is 0.393 bits per heavy atom. The number of unbranched alkanes of at least 4 members (excludes halogenated alkanes) is 32. The smallest absolute Gasteiger partial charge is 0.338 e. The molecule has 61 heavy (non-hydrogen) atoms. The zero-order valence-corrected chi connectivity index (χ0v) is 39.9. The molecule has 0 N–H and O–H groups in total. The van der Waals surface area contributed by atoms with E-state index in [0.717, 1.165) is 24.2 Å². The van der Waals surface area contributed by atoms with Gasteiger partial charge in [0.15, 0.2) is 0 Å². The summed E-state index contributed by atoms with van der Waals surface area (Å²) in [4.78, 5) is 27.5. The second-order valence-corrected chi connectivity index (χ2v) is 18.3. The van der Waals surface area contributed by atoms with Crippen LogP contribution in [0.1, 0.15) is 261 Å². The first-order valence-electron chi connectivity index (χ1n) is 26.2. The topological polar surface area (TPSA) is 65.0 Å². The maximum atomic E-state index is 13.0. The number of carbonyl (C=O) groups excluding carboxylic acids is 1. The third kappa shape index (κ3) is 25.6. The second-order valence-electron chi connectivity index (χ2n) is 18.3. The van der Waals surface area contributed by atoms with Crippen molar-refractivity contribution in [3.63, 3.8) is 0 Å². The van der Waals surface area contributed by atoms with Gasteiger partial charge in [-0.05, 0) is 80.1 Å². The van der Waals surface area contributed by atoms with Crippen molar-refractivity contribution in [2.75, 3.05) is 6.61 Å². The van der Waals surface area contributed by atoms with E-state index in [-0.39, 0.29) is 5.97 Å². The van der Waals surface area contributed by atoms with Crippen LogP contribution in [0.3, 0.4) is 0 Å². The molecule has 0 saturated carbocycles. The Bertz CT molecular complexity index is 1400. The fraction of sp³-hybridized carbons (Fsp3) is 0.714. The quantitative estimate of drug-likeness (QED) is 0.0422. The monoisotopic (exact) mass is 838 g/mol. The predicted octanol–water partition coefficient (Wildman–Crippen LogP) is 17.8. The van der Waals surface area contributed by atoms with Crippen molar-refractivity contribution in [1.29, 1.82) is 0 Å². The molecule has 0 radical (unpaired) electrons. The highest BCUT2D eigenvalue weighted by Gasteiger charge is 2.15. The minimum atomic E-state index is -0.341. The van der Waals surface area contributed by atoms with Crippen molar-refractivity contribution in [3.05, 3.63) is 65.5 Å². The lowest BCUT2D eigenvalue weighted by atomic mass is 10.0. The molecule has 0 atom stereocenters. The minimum Gasteiger partial charge on any atom is -0.462 e. The number of aromatic nitrogens is 3. The van der Waals surface area contributed by atoms with E-state index < -0.39 is 0 Å². The molecule has 0 bridgehead atoms. The number of ether oxygens (including phenoxy) is 1. The Labute approximate surface area is 375 Å². The summed E-state index contributed by atoms with van der Waals surface area (Å²) in [7, 11) is 0. The van der Waals surface area contributed by atoms with Crippen molar-refractivity contribution in [1.82, 2.24) is 15.0 Å². The third-order valence-corrected chi connectivity index (χ3v) is 12.6. The summed E-state index contributed by atoms with van der Waals surface area (Å²) in [6, 6.07) is 12.2. The maximum Gasteiger partial charge on any atom is 0.338 e. The number of carbonyl (C=O) groups is 1. The summed E-state index contributed by atoms with van der Waals surface area (Å²) in [5.41, 5.74) is 5.97. The number of nitrogens with zero attached hydrogens (tertiary/aromatic N) is 3. The average Bonchev–Trinajstić information content (AvgIpc) is 3.28. The van der Waals surface area contributed by atoms with Gasteiger partial charge in [0.05, 0.1) is 34.9 Å². The van der Waals surface area contributed by atoms with Crippen LogP contribution in [0.2, 0.25) is 0 Å². The van der Waals surface area contributed by atoms with Crippen LogP contribution < -0.4 is 0 Å². The molecule has 0 fully saturated rings. The van der Waals surface area contributed by atoms with E-state index in [2.05, 4.69) is 38.1 Å². The molecule has 0 aromatic carbocycles. The number of aryl methyl sites for hydroxylation is 2. The Morgan fingerprint density at radius 3 is 0.984 bits per heavy atom. The predicted molar refractivity (Wildman–Crippen MR) is 262 cm³/mol. The van der Waals surface area contributed by atoms with E-state index in [1.807, 2.05) is 31.5 Å². The highest BCUT2D eigenvalue weighted by atomic mass is 16.5. The van der Waals surface area contributed by atoms with Crippen LogP contribution in [0.25, 0.3) is 22.8 Å². The van der Waals surface area contributed by atoms with Gasteiger partial charge in [-0.25, -0.2) is 9.78 Å². The fourth-order valence-electron chi connectivity index (χ4n) is 8.77. The first kappa shape index (κ1) is 52.3. The zero-order chi connectivity index (χ0) is 43.3. The molecule has 0 aliphatic carbocycles. The first-order valence-corrected chi connectivity index (χ1v) is 26.2. The fourth-order valence-corrected chi connectivity index (χ4v) is 8.77. The molecular formula is C56H91N3O2. The Hall–Kier alpha value is -3.08. The van der Waals surface area contributed by atoms with E-state index in [0.29, 0.717) is 23.6 Å². The molecule has 3 rings (SSSR count). The van der Waals surface area contributed by atoms with Gasteiger partial charge in [-0.15, -0.1) is 0 Å². The van der Waals surface area contributed by atoms with E-state index in [9.17, 15) is 4.79 Å². The molecule has 3 heterocycles. The second kappa shape index (κ2) is 36.4. The molecule has 3 aromatic rings. The number of esters is 1. The Kier molecular flexibility index (Phi) is 31.2. The SMILES string of the molecule is CCCCCCCCCCCCCCCCCCCc1ccnc(-c2cc(C(=O)OCC)cc(-c3cc(CCCCCCCCCCCCCCCCCCC)ccn3)n2)c1. The normalized spacial score (nSPS) is 11.4. The van der Waals surface area contributed by atoms with Crippen molar-refractivity contribution < 1.29 is 9.53 Å². The Balaban J connectivity index is 1.36. The van der Waals surface area contributed by atoms with Crippen LogP contribution in [0.4, 0.5) is 0 Å². The van der Waals surface area contributed by atoms with Gasteiger partial charge in [-0.1, -0.05) is 219 Å². The van der Waals surface area contributed by atoms with Crippen LogP contribution >= 0.6 is 0 Å². The van der Waals surface area contributed by atoms with Crippen LogP contribution in [0.15, 0.2) is 48.8 Å². The number of hydrogen-bond acceptors (Lipinski definition) is 5. The molecule has 0 aliphatic rings. The van der Waals surface area contributed by atoms with E-state index in [4.69, 9.17) is 19.7 Å². The van der Waals surface area contributed by atoms with Gasteiger partial charge >= 0.3 is 5.97 Å². The number of rotatable bonds is 40. The van der Waals surface area contributed by atoms with Gasteiger partial charge in [-0.3, -0.25) is 9.97 Å². The van der Waals surface area contributed by atoms with Crippen LogP contribution in [0.5, 0.6) is 0 Å². The summed E-state index contributed by atoms with van der Waals surface area (Å²) in [6.45, 7) is 6.76. The highest BCUT2D eigenvalue weighted by molar-refractivity contribution is 5.92. The van der Waals surface area contributed by atoms with Crippen molar-refractivity contribution >= 4 is 5.97 Å². The van der Waals surface area contributed by atoms with E-state index >= 15 is 0 Å². The van der Waals surface area contributed by atoms with Crippen molar-refractivity contribution in [3.8, 4) is 22.8 Å². The third-order valence-electron chi connectivity index (χ3n) is 12.6. The van der Waals surface area contributed by atoms with Crippen molar-refractivity contribution in [2.24, 2.45) is 0 Å². The molecule has 5 nitrogen and oxygen atoms in total. The highest BCUT2D eigenvalue weighted by Crippen LogP contribution is 2.26. The Morgan fingerprint density at radius 2 is 0.689 bits per heavy atom. The standard InChI is InChI=1S/C56H91N3O2/c1-4-7-9-11-13-15-17-19-21-23-25-27-29-31-33-35-37-39-49-41-43-57-52(45-49)54-47-51(56(60)61-6-3)48-55(59-54)53-46-50(42-44-58-53)40-38-36-34-32-30-28-26-24-22-20-18-16-14-12-10-8-5-2/h41-48H,4-40H2,1-3H3. The van der Waals surface area contributed by atoms with Crippen LogP contribution in [0, 0.1) is 0 Å². The summed E-state index contributed by atoms with van der Waals surface area (Å²) in [5, 5.41) is 0. The summed E-state index contributed by atoms with van der Waals surface area (Å²) in [6.07, 6.45) is 52.8. The van der Waals surface area contributed by atoms with E-state index in [1.54, 1.807) is 0 Å². The molecule has 0 amide bonds. The number of hydrogen-bond donors (Lipinski definition) is 0.